The van der Waals surface area contributed by atoms with Gasteiger partial charge in [-0.25, -0.2) is 0 Å². The molecule has 1 aliphatic carbocycles. The molecule has 0 aromatic heterocycles. The SMILES string of the molecule is COC(=O)CC1(C)C(=O)CCCC1=O. The third-order valence-corrected chi connectivity index (χ3v) is 2.76. The monoisotopic (exact) mass is 198 g/mol. The topological polar surface area (TPSA) is 60.4 Å². The Morgan fingerprint density at radius 2 is 1.86 bits per heavy atom. The van der Waals surface area contributed by atoms with Crippen molar-refractivity contribution in [2.24, 2.45) is 5.41 Å². The third-order valence-electron chi connectivity index (χ3n) is 2.76. The molecule has 0 atom stereocenters. The molecular formula is C10H14O4. The van der Waals surface area contributed by atoms with Crippen LogP contribution in [0.5, 0.6) is 0 Å². The summed E-state index contributed by atoms with van der Waals surface area (Å²) >= 11 is 0. The first-order chi connectivity index (χ1) is 6.50. The van der Waals surface area contributed by atoms with Crippen LogP contribution >= 0.6 is 0 Å². The van der Waals surface area contributed by atoms with Crippen LogP contribution in [0.15, 0.2) is 0 Å². The fourth-order valence-corrected chi connectivity index (χ4v) is 1.67. The highest BCUT2D eigenvalue weighted by Gasteiger charge is 2.44. The van der Waals surface area contributed by atoms with Gasteiger partial charge in [0, 0.05) is 12.8 Å². The minimum atomic E-state index is -1.13. The van der Waals surface area contributed by atoms with Gasteiger partial charge in [0.15, 0.2) is 0 Å². The summed E-state index contributed by atoms with van der Waals surface area (Å²) in [5.41, 5.74) is -1.13. The highest BCUT2D eigenvalue weighted by Crippen LogP contribution is 2.33. The van der Waals surface area contributed by atoms with Gasteiger partial charge in [-0.3, -0.25) is 14.4 Å². The van der Waals surface area contributed by atoms with E-state index in [-0.39, 0.29) is 18.0 Å². The second-order valence-corrected chi connectivity index (χ2v) is 3.78. The van der Waals surface area contributed by atoms with Gasteiger partial charge in [0.05, 0.1) is 18.9 Å². The Kier molecular flexibility index (Phi) is 3.03. The second kappa shape index (κ2) is 3.90. The van der Waals surface area contributed by atoms with Crippen molar-refractivity contribution in [3.8, 4) is 0 Å². The number of Topliss-reactive ketones (excluding diaryl/α,β-unsaturated/α-hetero) is 2. The summed E-state index contributed by atoms with van der Waals surface area (Å²) in [4.78, 5) is 34.1. The Balaban J connectivity index is 2.82. The number of esters is 1. The van der Waals surface area contributed by atoms with Gasteiger partial charge in [0.1, 0.15) is 11.6 Å². The zero-order valence-corrected chi connectivity index (χ0v) is 8.46. The lowest BCUT2D eigenvalue weighted by molar-refractivity contribution is -0.153. The molecule has 0 saturated heterocycles. The molecule has 1 aliphatic rings. The first kappa shape index (κ1) is 10.9. The standard InChI is InChI=1S/C10H14O4/c1-10(6-9(13)14-2)7(11)4-3-5-8(10)12/h3-6H2,1-2H3. The molecule has 4 heteroatoms. The fourth-order valence-electron chi connectivity index (χ4n) is 1.67. The number of carbonyl (C=O) groups is 3. The lowest BCUT2D eigenvalue weighted by atomic mass is 9.71. The van der Waals surface area contributed by atoms with Crippen molar-refractivity contribution in [3.05, 3.63) is 0 Å². The van der Waals surface area contributed by atoms with Crippen LogP contribution in [0.4, 0.5) is 0 Å². The van der Waals surface area contributed by atoms with Gasteiger partial charge in [-0.2, -0.15) is 0 Å². The van der Waals surface area contributed by atoms with E-state index in [1.165, 1.54) is 14.0 Å². The number of ketones is 2. The van der Waals surface area contributed by atoms with Crippen LogP contribution in [0, 0.1) is 5.41 Å². The first-order valence-electron chi connectivity index (χ1n) is 4.64. The summed E-state index contributed by atoms with van der Waals surface area (Å²) in [6.07, 6.45) is 1.26. The maximum absolute atomic E-state index is 11.5. The highest BCUT2D eigenvalue weighted by atomic mass is 16.5. The number of hydrogen-bond donors (Lipinski definition) is 0. The summed E-state index contributed by atoms with van der Waals surface area (Å²) < 4.78 is 4.47. The molecule has 0 heterocycles. The maximum atomic E-state index is 11.5. The molecule has 0 spiro atoms. The van der Waals surface area contributed by atoms with Crippen molar-refractivity contribution in [1.82, 2.24) is 0 Å². The van der Waals surface area contributed by atoms with Crippen molar-refractivity contribution in [3.63, 3.8) is 0 Å². The van der Waals surface area contributed by atoms with Crippen molar-refractivity contribution < 1.29 is 19.1 Å². The van der Waals surface area contributed by atoms with E-state index in [1.54, 1.807) is 0 Å². The van der Waals surface area contributed by atoms with Gasteiger partial charge in [0.2, 0.25) is 0 Å². The Hall–Kier alpha value is -1.19. The molecule has 1 fully saturated rings. The number of methoxy groups -OCH3 is 1. The van der Waals surface area contributed by atoms with Crippen molar-refractivity contribution in [2.75, 3.05) is 7.11 Å². The van der Waals surface area contributed by atoms with Gasteiger partial charge >= 0.3 is 5.97 Å². The zero-order chi connectivity index (χ0) is 10.8. The molecule has 78 valence electrons. The third kappa shape index (κ3) is 1.84. The Labute approximate surface area is 82.6 Å². The molecule has 4 nitrogen and oxygen atoms in total. The molecule has 14 heavy (non-hydrogen) atoms. The van der Waals surface area contributed by atoms with E-state index >= 15 is 0 Å². The van der Waals surface area contributed by atoms with Crippen LogP contribution in [0.2, 0.25) is 0 Å². The van der Waals surface area contributed by atoms with E-state index in [0.717, 1.165) is 0 Å². The van der Waals surface area contributed by atoms with Crippen LogP contribution in [0.1, 0.15) is 32.6 Å². The van der Waals surface area contributed by atoms with E-state index in [4.69, 9.17) is 0 Å². The van der Waals surface area contributed by atoms with Gasteiger partial charge in [-0.15, -0.1) is 0 Å². The quantitative estimate of drug-likeness (QED) is 0.488. The molecule has 0 aliphatic heterocycles. The van der Waals surface area contributed by atoms with Gasteiger partial charge in [0.25, 0.3) is 0 Å². The van der Waals surface area contributed by atoms with E-state index in [2.05, 4.69) is 4.74 Å². The number of ether oxygens (including phenoxy) is 1. The predicted octanol–water partition coefficient (Wildman–Crippen LogP) is 0.878. The molecule has 0 aromatic carbocycles. The fraction of sp³-hybridized carbons (Fsp3) is 0.700. The van der Waals surface area contributed by atoms with E-state index in [9.17, 15) is 14.4 Å². The Morgan fingerprint density at radius 3 is 2.29 bits per heavy atom. The summed E-state index contributed by atoms with van der Waals surface area (Å²) in [6, 6.07) is 0. The van der Waals surface area contributed by atoms with Crippen LogP contribution in [0.3, 0.4) is 0 Å². The molecule has 0 amide bonds. The molecular weight excluding hydrogens is 184 g/mol. The molecule has 0 unspecified atom stereocenters. The Morgan fingerprint density at radius 1 is 1.36 bits per heavy atom. The van der Waals surface area contributed by atoms with Gasteiger partial charge < -0.3 is 4.74 Å². The molecule has 0 N–H and O–H groups in total. The van der Waals surface area contributed by atoms with Crippen molar-refractivity contribution >= 4 is 17.5 Å². The van der Waals surface area contributed by atoms with Crippen LogP contribution in [-0.4, -0.2) is 24.6 Å². The predicted molar refractivity (Wildman–Crippen MR) is 48.6 cm³/mol. The summed E-state index contributed by atoms with van der Waals surface area (Å²) in [7, 11) is 1.25. The summed E-state index contributed by atoms with van der Waals surface area (Å²) in [5.74, 6) is -0.783. The van der Waals surface area contributed by atoms with Crippen LogP contribution in [-0.2, 0) is 19.1 Å². The molecule has 0 radical (unpaired) electrons. The van der Waals surface area contributed by atoms with E-state index in [0.29, 0.717) is 19.3 Å². The molecule has 1 rings (SSSR count). The maximum Gasteiger partial charge on any atom is 0.306 e. The van der Waals surface area contributed by atoms with Gasteiger partial charge in [-0.1, -0.05) is 0 Å². The normalized spacial score (nSPS) is 20.7. The van der Waals surface area contributed by atoms with Crippen molar-refractivity contribution in [2.45, 2.75) is 32.6 Å². The van der Waals surface area contributed by atoms with Crippen LogP contribution < -0.4 is 0 Å². The average molecular weight is 198 g/mol. The van der Waals surface area contributed by atoms with Crippen molar-refractivity contribution in [1.29, 1.82) is 0 Å². The molecule has 1 saturated carbocycles. The highest BCUT2D eigenvalue weighted by molar-refractivity contribution is 6.10. The lowest BCUT2D eigenvalue weighted by Crippen LogP contribution is -2.41. The van der Waals surface area contributed by atoms with E-state index in [1.807, 2.05) is 0 Å². The molecule has 0 bridgehead atoms. The largest absolute Gasteiger partial charge is 0.469 e. The number of hydrogen-bond acceptors (Lipinski definition) is 4. The minimum absolute atomic E-state index is 0.124. The lowest BCUT2D eigenvalue weighted by Gasteiger charge is -2.29. The molecule has 0 aromatic rings. The van der Waals surface area contributed by atoms with Gasteiger partial charge in [-0.05, 0) is 13.3 Å². The summed E-state index contributed by atoms with van der Waals surface area (Å²) in [5, 5.41) is 0. The zero-order valence-electron chi connectivity index (χ0n) is 8.46. The smallest absolute Gasteiger partial charge is 0.306 e. The first-order valence-corrected chi connectivity index (χ1v) is 4.64. The summed E-state index contributed by atoms with van der Waals surface area (Å²) in [6.45, 7) is 1.54. The average Bonchev–Trinajstić information content (AvgIpc) is 2.14. The number of carbonyl (C=O) groups excluding carboxylic acids is 3. The number of rotatable bonds is 2. The Bertz CT molecular complexity index is 264. The van der Waals surface area contributed by atoms with Crippen LogP contribution in [0.25, 0.3) is 0 Å². The van der Waals surface area contributed by atoms with E-state index < -0.39 is 11.4 Å². The minimum Gasteiger partial charge on any atom is -0.469 e. The second-order valence-electron chi connectivity index (χ2n) is 3.78.